The van der Waals surface area contributed by atoms with Crippen LogP contribution >= 0.6 is 0 Å². The number of hydrogen-bond donors (Lipinski definition) is 3. The van der Waals surface area contributed by atoms with Crippen molar-refractivity contribution in [1.29, 1.82) is 0 Å². The van der Waals surface area contributed by atoms with E-state index in [-0.39, 0.29) is 48.9 Å². The van der Waals surface area contributed by atoms with Crippen molar-refractivity contribution in [2.24, 2.45) is 5.92 Å². The number of pyridine rings is 1. The summed E-state index contributed by atoms with van der Waals surface area (Å²) in [6, 6.07) is 11.0. The number of nitrogens with zero attached hydrogens (tertiary/aromatic N) is 3. The van der Waals surface area contributed by atoms with Crippen molar-refractivity contribution in [1.82, 2.24) is 14.8 Å². The van der Waals surface area contributed by atoms with Crippen LogP contribution in [0.3, 0.4) is 0 Å². The number of likely N-dealkylation sites (N-methyl/N-ethyl adjacent to an activating group) is 1. The SMILES string of the molecule is C[C@@H]1CN([C@@H](C)CO)C(=O)c2cc(NC(=O)c3ccncc3)ccc2O[C@@H](C)CCCCO[C@@H]1CN(C)C(=O)Nc1ccc(C(F)(F)F)cc1. The summed E-state index contributed by atoms with van der Waals surface area (Å²) in [5, 5.41) is 15.6. The number of anilines is 2. The van der Waals surface area contributed by atoms with Crippen LogP contribution in [0.25, 0.3) is 0 Å². The molecule has 2 heterocycles. The number of aromatic nitrogens is 1. The highest BCUT2D eigenvalue weighted by Crippen LogP contribution is 2.31. The Bertz CT molecular complexity index is 1590. The molecule has 0 radical (unpaired) electrons. The summed E-state index contributed by atoms with van der Waals surface area (Å²) in [5.41, 5.74) is 0.359. The predicted molar refractivity (Wildman–Crippen MR) is 182 cm³/mol. The van der Waals surface area contributed by atoms with Crippen molar-refractivity contribution in [3.8, 4) is 5.75 Å². The number of fused-ring (bicyclic) bond motifs is 1. The smallest absolute Gasteiger partial charge is 0.416 e. The van der Waals surface area contributed by atoms with Crippen LogP contribution in [0.5, 0.6) is 5.75 Å². The number of ether oxygens (including phenoxy) is 2. The molecule has 0 bridgehead atoms. The van der Waals surface area contributed by atoms with E-state index in [1.54, 1.807) is 44.3 Å². The highest BCUT2D eigenvalue weighted by atomic mass is 19.4. The largest absolute Gasteiger partial charge is 0.490 e. The van der Waals surface area contributed by atoms with Gasteiger partial charge in [0.05, 0.1) is 36.0 Å². The summed E-state index contributed by atoms with van der Waals surface area (Å²) < 4.78 is 51.5. The Morgan fingerprint density at radius 3 is 2.38 bits per heavy atom. The second kappa shape index (κ2) is 17.3. The minimum atomic E-state index is -4.49. The first-order chi connectivity index (χ1) is 23.8. The quantitative estimate of drug-likeness (QED) is 0.263. The second-order valence-corrected chi connectivity index (χ2v) is 12.6. The van der Waals surface area contributed by atoms with Gasteiger partial charge in [-0.3, -0.25) is 14.6 Å². The van der Waals surface area contributed by atoms with Crippen molar-refractivity contribution >= 4 is 29.2 Å². The molecule has 1 aliphatic rings. The van der Waals surface area contributed by atoms with E-state index >= 15 is 0 Å². The van der Waals surface area contributed by atoms with Gasteiger partial charge in [0.2, 0.25) is 0 Å². The number of halogens is 3. The van der Waals surface area contributed by atoms with Crippen molar-refractivity contribution in [2.45, 2.75) is 64.5 Å². The van der Waals surface area contributed by atoms with Crippen LogP contribution < -0.4 is 15.4 Å². The molecule has 3 aromatic rings. The lowest BCUT2D eigenvalue weighted by molar-refractivity contribution is -0.137. The normalized spacial score (nSPS) is 19.7. The van der Waals surface area contributed by atoms with Crippen molar-refractivity contribution in [2.75, 3.05) is 44.0 Å². The van der Waals surface area contributed by atoms with E-state index in [9.17, 15) is 32.7 Å². The number of alkyl halides is 3. The summed E-state index contributed by atoms with van der Waals surface area (Å²) in [5.74, 6) is -0.799. The minimum Gasteiger partial charge on any atom is -0.490 e. The molecule has 11 nitrogen and oxygen atoms in total. The number of carbonyl (C=O) groups excluding carboxylic acids is 3. The van der Waals surface area contributed by atoms with Gasteiger partial charge in [0, 0.05) is 62.0 Å². The first-order valence-corrected chi connectivity index (χ1v) is 16.5. The topological polar surface area (TPSA) is 133 Å². The molecular formula is C36H44F3N5O6. The molecule has 14 heteroatoms. The number of amides is 4. The van der Waals surface area contributed by atoms with Crippen LogP contribution in [0.1, 0.15) is 66.3 Å². The fourth-order valence-electron chi connectivity index (χ4n) is 5.48. The molecule has 270 valence electrons. The Morgan fingerprint density at radius 2 is 1.72 bits per heavy atom. The van der Waals surface area contributed by atoms with E-state index in [0.717, 1.165) is 18.6 Å². The number of benzene rings is 2. The zero-order chi connectivity index (χ0) is 36.4. The maximum Gasteiger partial charge on any atom is 0.416 e. The predicted octanol–water partition coefficient (Wildman–Crippen LogP) is 6.31. The second-order valence-electron chi connectivity index (χ2n) is 12.6. The number of nitrogens with one attached hydrogen (secondary N) is 2. The molecule has 50 heavy (non-hydrogen) atoms. The number of aliphatic hydroxyl groups is 1. The Morgan fingerprint density at radius 1 is 1.04 bits per heavy atom. The van der Waals surface area contributed by atoms with Crippen molar-refractivity contribution in [3.63, 3.8) is 0 Å². The zero-order valence-corrected chi connectivity index (χ0v) is 28.6. The summed E-state index contributed by atoms with van der Waals surface area (Å²) in [4.78, 5) is 47.1. The zero-order valence-electron chi connectivity index (χ0n) is 28.6. The van der Waals surface area contributed by atoms with E-state index in [1.165, 1.54) is 34.3 Å². The first-order valence-electron chi connectivity index (χ1n) is 16.5. The number of hydrogen-bond acceptors (Lipinski definition) is 7. The van der Waals surface area contributed by atoms with Gasteiger partial charge in [-0.05, 0) is 87.7 Å². The van der Waals surface area contributed by atoms with E-state index < -0.39 is 35.8 Å². The van der Waals surface area contributed by atoms with Crippen LogP contribution in [-0.4, -0.2) is 89.3 Å². The fraction of sp³-hybridized carbons (Fsp3) is 0.444. The van der Waals surface area contributed by atoms with E-state index in [0.29, 0.717) is 36.4 Å². The van der Waals surface area contributed by atoms with Gasteiger partial charge in [0.1, 0.15) is 5.75 Å². The highest BCUT2D eigenvalue weighted by molar-refractivity contribution is 6.05. The lowest BCUT2D eigenvalue weighted by atomic mass is 10.0. The lowest BCUT2D eigenvalue weighted by Gasteiger charge is -2.35. The summed E-state index contributed by atoms with van der Waals surface area (Å²) in [6.07, 6.45) is -0.122. The molecule has 0 aliphatic carbocycles. The van der Waals surface area contributed by atoms with Gasteiger partial charge >= 0.3 is 12.2 Å². The average molecular weight is 700 g/mol. The molecule has 1 aromatic heterocycles. The van der Waals surface area contributed by atoms with Gasteiger partial charge in [-0.1, -0.05) is 6.92 Å². The van der Waals surface area contributed by atoms with Crippen molar-refractivity contribution < 1.29 is 42.1 Å². The molecule has 4 amide bonds. The van der Waals surface area contributed by atoms with Gasteiger partial charge in [-0.25, -0.2) is 4.79 Å². The molecular weight excluding hydrogens is 655 g/mol. The molecule has 0 fully saturated rings. The first kappa shape index (κ1) is 38.1. The van der Waals surface area contributed by atoms with Gasteiger partial charge in [0.25, 0.3) is 11.8 Å². The Balaban J connectivity index is 1.57. The number of urea groups is 1. The lowest BCUT2D eigenvalue weighted by Crippen LogP contribution is -2.48. The van der Waals surface area contributed by atoms with Gasteiger partial charge < -0.3 is 35.0 Å². The van der Waals surface area contributed by atoms with Gasteiger partial charge in [0.15, 0.2) is 0 Å². The standard InChI is InChI=1S/C36H44F3N5O6/c1-23-20-44(24(2)22-45)34(47)30-19-29(41-33(46)26-14-16-40-17-15-26)12-13-31(30)50-25(3)7-5-6-18-49-32(23)21-43(4)35(48)42-28-10-8-27(9-11-28)36(37,38)39/h8-17,19,23-25,32,45H,5-7,18,20-22H2,1-4H3,(H,41,46)(H,42,48)/t23-,24+,25+,32-/m1/s1. The molecule has 3 N–H and O–H groups in total. The molecule has 0 saturated heterocycles. The van der Waals surface area contributed by atoms with Crippen LogP contribution in [0.15, 0.2) is 67.0 Å². The highest BCUT2D eigenvalue weighted by Gasteiger charge is 2.32. The molecule has 0 saturated carbocycles. The number of aliphatic hydroxyl groups excluding tert-OH is 1. The van der Waals surface area contributed by atoms with E-state index in [4.69, 9.17) is 9.47 Å². The number of rotatable bonds is 7. The molecule has 2 aromatic carbocycles. The van der Waals surface area contributed by atoms with Crippen LogP contribution in [0.2, 0.25) is 0 Å². The summed E-state index contributed by atoms with van der Waals surface area (Å²) in [7, 11) is 1.55. The fourth-order valence-corrected chi connectivity index (χ4v) is 5.48. The monoisotopic (exact) mass is 699 g/mol. The van der Waals surface area contributed by atoms with E-state index in [2.05, 4.69) is 15.6 Å². The molecule has 0 unspecified atom stereocenters. The van der Waals surface area contributed by atoms with Crippen molar-refractivity contribution in [3.05, 3.63) is 83.7 Å². The molecule has 0 spiro atoms. The maximum absolute atomic E-state index is 14.3. The third kappa shape index (κ3) is 10.4. The average Bonchev–Trinajstić information content (AvgIpc) is 3.09. The third-order valence-corrected chi connectivity index (χ3v) is 8.52. The van der Waals surface area contributed by atoms with Crippen LogP contribution in [-0.2, 0) is 10.9 Å². The number of carbonyl (C=O) groups is 3. The van der Waals surface area contributed by atoms with Gasteiger partial charge in [-0.15, -0.1) is 0 Å². The summed E-state index contributed by atoms with van der Waals surface area (Å²) in [6.45, 7) is 5.82. The van der Waals surface area contributed by atoms with E-state index in [1.807, 2.05) is 13.8 Å². The molecule has 1 aliphatic heterocycles. The Kier molecular flexibility index (Phi) is 13.2. The maximum atomic E-state index is 14.3. The third-order valence-electron chi connectivity index (χ3n) is 8.52. The Labute approximate surface area is 289 Å². The molecule has 4 atom stereocenters. The summed E-state index contributed by atoms with van der Waals surface area (Å²) >= 11 is 0. The Hall–Kier alpha value is -4.69. The van der Waals surface area contributed by atoms with Crippen LogP contribution in [0.4, 0.5) is 29.3 Å². The van der Waals surface area contributed by atoms with Gasteiger partial charge in [-0.2, -0.15) is 13.2 Å². The minimum absolute atomic E-state index is 0.116. The van der Waals surface area contributed by atoms with Crippen LogP contribution in [0, 0.1) is 5.92 Å². The molecule has 4 rings (SSSR count).